The van der Waals surface area contributed by atoms with Crippen LogP contribution in [0.1, 0.15) is 30.4 Å². The Morgan fingerprint density at radius 3 is 2.32 bits per heavy atom. The molecule has 0 spiro atoms. The number of piperidine rings is 1. The van der Waals surface area contributed by atoms with E-state index in [1.165, 1.54) is 23.9 Å². The van der Waals surface area contributed by atoms with E-state index in [0.29, 0.717) is 18.2 Å². The van der Waals surface area contributed by atoms with Gasteiger partial charge in [0.2, 0.25) is 11.6 Å². The molecule has 0 amide bonds. The molecule has 0 radical (unpaired) electrons. The first kappa shape index (κ1) is 15.8. The third-order valence-electron chi connectivity index (χ3n) is 5.05. The SMILES string of the molecule is O=[N+]([O-])c1c(N2CCCCC2)ncnc1N1CCc2ccccc2C1. The van der Waals surface area contributed by atoms with Crippen molar-refractivity contribution in [2.75, 3.05) is 29.4 Å². The predicted octanol–water partition coefficient (Wildman–Crippen LogP) is 2.94. The molecule has 1 saturated heterocycles. The van der Waals surface area contributed by atoms with Crippen LogP contribution in [0.4, 0.5) is 17.3 Å². The van der Waals surface area contributed by atoms with Crippen LogP contribution < -0.4 is 9.80 Å². The maximum atomic E-state index is 11.8. The first-order valence-electron chi connectivity index (χ1n) is 8.80. The first-order valence-corrected chi connectivity index (χ1v) is 8.80. The molecule has 7 heteroatoms. The molecule has 1 fully saturated rings. The van der Waals surface area contributed by atoms with Gasteiger partial charge in [-0.25, -0.2) is 9.97 Å². The molecule has 2 aliphatic rings. The molecule has 2 aromatic rings. The Bertz CT molecular complexity index is 789. The van der Waals surface area contributed by atoms with Crippen LogP contribution in [0.25, 0.3) is 0 Å². The smallest absolute Gasteiger partial charge is 0.351 e. The van der Waals surface area contributed by atoms with Crippen molar-refractivity contribution >= 4 is 17.3 Å². The molecule has 2 aliphatic heterocycles. The van der Waals surface area contributed by atoms with Crippen molar-refractivity contribution in [3.05, 3.63) is 51.8 Å². The van der Waals surface area contributed by atoms with Crippen LogP contribution in [-0.4, -0.2) is 34.5 Å². The van der Waals surface area contributed by atoms with Crippen molar-refractivity contribution in [1.29, 1.82) is 0 Å². The van der Waals surface area contributed by atoms with Gasteiger partial charge in [-0.1, -0.05) is 24.3 Å². The Morgan fingerprint density at radius 1 is 0.920 bits per heavy atom. The van der Waals surface area contributed by atoms with Crippen molar-refractivity contribution in [3.63, 3.8) is 0 Å². The number of fused-ring (bicyclic) bond motifs is 1. The highest BCUT2D eigenvalue weighted by atomic mass is 16.6. The zero-order valence-corrected chi connectivity index (χ0v) is 14.1. The molecule has 25 heavy (non-hydrogen) atoms. The summed E-state index contributed by atoms with van der Waals surface area (Å²) < 4.78 is 0. The molecule has 0 bridgehead atoms. The second-order valence-electron chi connectivity index (χ2n) is 6.61. The fourth-order valence-corrected chi connectivity index (χ4v) is 3.77. The summed E-state index contributed by atoms with van der Waals surface area (Å²) in [6, 6.07) is 8.26. The summed E-state index contributed by atoms with van der Waals surface area (Å²) in [7, 11) is 0. The Morgan fingerprint density at radius 2 is 1.60 bits per heavy atom. The topological polar surface area (TPSA) is 75.4 Å². The average molecular weight is 339 g/mol. The van der Waals surface area contributed by atoms with Gasteiger partial charge in [-0.3, -0.25) is 10.1 Å². The first-order chi connectivity index (χ1) is 12.2. The summed E-state index contributed by atoms with van der Waals surface area (Å²) in [4.78, 5) is 24.1. The highest BCUT2D eigenvalue weighted by Crippen LogP contribution is 2.37. The van der Waals surface area contributed by atoms with Crippen molar-refractivity contribution in [2.24, 2.45) is 0 Å². The normalized spacial score (nSPS) is 17.3. The van der Waals surface area contributed by atoms with E-state index in [4.69, 9.17) is 0 Å². The third kappa shape index (κ3) is 3.01. The van der Waals surface area contributed by atoms with Crippen molar-refractivity contribution in [1.82, 2.24) is 9.97 Å². The summed E-state index contributed by atoms with van der Waals surface area (Å²) in [6.45, 7) is 3.02. The fraction of sp³-hybridized carbons (Fsp3) is 0.444. The molecule has 0 atom stereocenters. The summed E-state index contributed by atoms with van der Waals surface area (Å²) in [5.41, 5.74) is 2.57. The minimum atomic E-state index is -0.320. The lowest BCUT2D eigenvalue weighted by atomic mass is 10.00. The zero-order chi connectivity index (χ0) is 17.2. The van der Waals surface area contributed by atoms with E-state index in [1.807, 2.05) is 21.9 Å². The number of rotatable bonds is 3. The fourth-order valence-electron chi connectivity index (χ4n) is 3.77. The van der Waals surface area contributed by atoms with Crippen LogP contribution in [0.15, 0.2) is 30.6 Å². The maximum Gasteiger partial charge on any atom is 0.353 e. The molecule has 0 aliphatic carbocycles. The molecular formula is C18H21N5O2. The molecule has 0 saturated carbocycles. The van der Waals surface area contributed by atoms with Crippen LogP contribution in [-0.2, 0) is 13.0 Å². The molecule has 4 rings (SSSR count). The lowest BCUT2D eigenvalue weighted by molar-refractivity contribution is -0.383. The minimum absolute atomic E-state index is 0.0452. The Balaban J connectivity index is 1.71. The number of nitro groups is 1. The van der Waals surface area contributed by atoms with Gasteiger partial charge in [0, 0.05) is 26.2 Å². The van der Waals surface area contributed by atoms with Gasteiger partial charge in [-0.15, -0.1) is 0 Å². The number of hydrogen-bond donors (Lipinski definition) is 0. The van der Waals surface area contributed by atoms with E-state index in [1.54, 1.807) is 0 Å². The minimum Gasteiger partial charge on any atom is -0.351 e. The van der Waals surface area contributed by atoms with Crippen LogP contribution >= 0.6 is 0 Å². The van der Waals surface area contributed by atoms with Gasteiger partial charge in [0.1, 0.15) is 6.33 Å². The average Bonchev–Trinajstić information content (AvgIpc) is 2.67. The van der Waals surface area contributed by atoms with Crippen LogP contribution in [0.5, 0.6) is 0 Å². The Labute approximate surface area is 146 Å². The quantitative estimate of drug-likeness (QED) is 0.632. The number of anilines is 2. The van der Waals surface area contributed by atoms with E-state index in [-0.39, 0.29) is 10.6 Å². The molecule has 1 aromatic heterocycles. The standard InChI is InChI=1S/C18H21N5O2/c24-23(25)16-17(21-9-4-1-5-10-21)19-13-20-18(16)22-11-8-14-6-2-3-7-15(14)12-22/h2-3,6-7,13H,1,4-5,8-12H2. The van der Waals surface area contributed by atoms with Gasteiger partial charge < -0.3 is 9.80 Å². The van der Waals surface area contributed by atoms with E-state index in [9.17, 15) is 10.1 Å². The van der Waals surface area contributed by atoms with Gasteiger partial charge in [0.25, 0.3) is 0 Å². The maximum absolute atomic E-state index is 11.8. The van der Waals surface area contributed by atoms with E-state index in [2.05, 4.69) is 22.1 Å². The Hall–Kier alpha value is -2.70. The number of aromatic nitrogens is 2. The number of benzene rings is 1. The molecule has 7 nitrogen and oxygen atoms in total. The zero-order valence-electron chi connectivity index (χ0n) is 14.1. The Kier molecular flexibility index (Phi) is 4.21. The second kappa shape index (κ2) is 6.66. The third-order valence-corrected chi connectivity index (χ3v) is 5.05. The second-order valence-corrected chi connectivity index (χ2v) is 6.61. The van der Waals surface area contributed by atoms with Crippen molar-refractivity contribution in [2.45, 2.75) is 32.2 Å². The van der Waals surface area contributed by atoms with Gasteiger partial charge >= 0.3 is 5.69 Å². The lowest BCUT2D eigenvalue weighted by Crippen LogP contribution is -2.34. The summed E-state index contributed by atoms with van der Waals surface area (Å²) in [5, 5.41) is 11.8. The highest BCUT2D eigenvalue weighted by molar-refractivity contribution is 5.71. The van der Waals surface area contributed by atoms with E-state index >= 15 is 0 Å². The van der Waals surface area contributed by atoms with Crippen molar-refractivity contribution in [3.8, 4) is 0 Å². The van der Waals surface area contributed by atoms with Crippen LogP contribution in [0.2, 0.25) is 0 Å². The van der Waals surface area contributed by atoms with Gasteiger partial charge in [0.15, 0.2) is 0 Å². The lowest BCUT2D eigenvalue weighted by Gasteiger charge is -2.31. The molecule has 130 valence electrons. The molecule has 1 aromatic carbocycles. The van der Waals surface area contributed by atoms with Crippen LogP contribution in [0, 0.1) is 10.1 Å². The number of hydrogen-bond acceptors (Lipinski definition) is 6. The number of nitrogens with zero attached hydrogens (tertiary/aromatic N) is 5. The molecular weight excluding hydrogens is 318 g/mol. The summed E-state index contributed by atoms with van der Waals surface area (Å²) >= 11 is 0. The molecule has 0 unspecified atom stereocenters. The largest absolute Gasteiger partial charge is 0.353 e. The van der Waals surface area contributed by atoms with Gasteiger partial charge in [-0.05, 0) is 36.8 Å². The van der Waals surface area contributed by atoms with Crippen LogP contribution in [0.3, 0.4) is 0 Å². The summed E-state index contributed by atoms with van der Waals surface area (Å²) in [5.74, 6) is 0.906. The molecule has 0 N–H and O–H groups in total. The van der Waals surface area contributed by atoms with Gasteiger partial charge in [-0.2, -0.15) is 0 Å². The summed E-state index contributed by atoms with van der Waals surface area (Å²) in [6.07, 6.45) is 5.61. The molecule has 3 heterocycles. The van der Waals surface area contributed by atoms with Gasteiger partial charge in [0.05, 0.1) is 4.92 Å². The predicted molar refractivity (Wildman–Crippen MR) is 95.9 cm³/mol. The van der Waals surface area contributed by atoms with Crippen molar-refractivity contribution < 1.29 is 4.92 Å². The van der Waals surface area contributed by atoms with E-state index < -0.39 is 0 Å². The monoisotopic (exact) mass is 339 g/mol. The van der Waals surface area contributed by atoms with E-state index in [0.717, 1.165) is 38.9 Å². The highest BCUT2D eigenvalue weighted by Gasteiger charge is 2.31.